The third-order valence-electron chi connectivity index (χ3n) is 4.73. The molecule has 2 atom stereocenters. The normalized spacial score (nSPS) is 24.9. The number of esters is 1. The highest BCUT2D eigenvalue weighted by Gasteiger charge is 2.46. The van der Waals surface area contributed by atoms with Crippen molar-refractivity contribution < 1.29 is 14.3 Å². The number of halogens is 1. The maximum Gasteiger partial charge on any atom is 0.308 e. The minimum atomic E-state index is -0.148. The van der Waals surface area contributed by atoms with Crippen molar-refractivity contribution in [3.8, 4) is 0 Å². The summed E-state index contributed by atoms with van der Waals surface area (Å²) in [7, 11) is 1.42. The Hall–Kier alpha value is -1.36. The zero-order valence-electron chi connectivity index (χ0n) is 12.6. The number of carbonyl (C=O) groups is 2. The summed E-state index contributed by atoms with van der Waals surface area (Å²) in [6.07, 6.45) is 2.37. The van der Waals surface area contributed by atoms with Gasteiger partial charge in [-0.15, -0.1) is 0 Å². The predicted molar refractivity (Wildman–Crippen MR) is 86.3 cm³/mol. The number of ether oxygens (including phenoxy) is 1. The molecule has 0 unspecified atom stereocenters. The van der Waals surface area contributed by atoms with Crippen molar-refractivity contribution in [2.45, 2.75) is 25.2 Å². The van der Waals surface area contributed by atoms with Crippen molar-refractivity contribution in [1.82, 2.24) is 4.90 Å². The van der Waals surface area contributed by atoms with Crippen LogP contribution >= 0.6 is 15.9 Å². The van der Waals surface area contributed by atoms with Gasteiger partial charge in [0, 0.05) is 23.5 Å². The van der Waals surface area contributed by atoms with E-state index in [-0.39, 0.29) is 23.7 Å². The van der Waals surface area contributed by atoms with Gasteiger partial charge in [-0.25, -0.2) is 0 Å². The zero-order valence-corrected chi connectivity index (χ0v) is 14.2. The smallest absolute Gasteiger partial charge is 0.308 e. The first-order valence-corrected chi connectivity index (χ1v) is 8.51. The molecule has 1 aliphatic heterocycles. The lowest BCUT2D eigenvalue weighted by atomic mass is 9.96. The molecular formula is C17H20BrNO3. The summed E-state index contributed by atoms with van der Waals surface area (Å²) in [6.45, 7) is 1.33. The van der Waals surface area contributed by atoms with Gasteiger partial charge in [-0.1, -0.05) is 28.1 Å². The van der Waals surface area contributed by atoms with Crippen molar-refractivity contribution in [2.24, 2.45) is 11.8 Å². The van der Waals surface area contributed by atoms with Gasteiger partial charge in [0.2, 0.25) is 5.91 Å². The number of likely N-dealkylation sites (tertiary alicyclic amines) is 1. The molecule has 0 N–H and O–H groups in total. The Morgan fingerprint density at radius 3 is 2.64 bits per heavy atom. The molecule has 0 radical (unpaired) electrons. The van der Waals surface area contributed by atoms with Crippen LogP contribution < -0.4 is 0 Å². The lowest BCUT2D eigenvalue weighted by molar-refractivity contribution is -0.149. The third kappa shape index (κ3) is 3.19. The van der Waals surface area contributed by atoms with Crippen molar-refractivity contribution in [3.05, 3.63) is 34.3 Å². The van der Waals surface area contributed by atoms with Crippen LogP contribution in [-0.2, 0) is 14.3 Å². The zero-order chi connectivity index (χ0) is 15.7. The Morgan fingerprint density at radius 2 is 2.00 bits per heavy atom. The lowest BCUT2D eigenvalue weighted by Crippen LogP contribution is -2.41. The van der Waals surface area contributed by atoms with E-state index in [1.807, 2.05) is 17.0 Å². The molecule has 1 saturated carbocycles. The fourth-order valence-corrected chi connectivity index (χ4v) is 3.73. The Morgan fingerprint density at radius 1 is 1.27 bits per heavy atom. The molecule has 0 bridgehead atoms. The van der Waals surface area contributed by atoms with Gasteiger partial charge in [-0.2, -0.15) is 0 Å². The van der Waals surface area contributed by atoms with E-state index in [0.29, 0.717) is 31.8 Å². The van der Waals surface area contributed by atoms with Gasteiger partial charge in [0.25, 0.3) is 0 Å². The SMILES string of the molecule is COC(=O)C1CCN(C(=O)[C@H]2C[C@H]2c2cccc(Br)c2)CC1. The second-order valence-electron chi connectivity index (χ2n) is 6.13. The summed E-state index contributed by atoms with van der Waals surface area (Å²) in [4.78, 5) is 26.0. The summed E-state index contributed by atoms with van der Waals surface area (Å²) in [5.74, 6) is 0.514. The molecule has 22 heavy (non-hydrogen) atoms. The highest BCUT2D eigenvalue weighted by Crippen LogP contribution is 2.49. The molecule has 1 heterocycles. The minimum Gasteiger partial charge on any atom is -0.469 e. The molecule has 2 aliphatic rings. The van der Waals surface area contributed by atoms with Crippen molar-refractivity contribution >= 4 is 27.8 Å². The monoisotopic (exact) mass is 365 g/mol. The Bertz CT molecular complexity index is 581. The average Bonchev–Trinajstić information content (AvgIpc) is 3.34. The van der Waals surface area contributed by atoms with Crippen LogP contribution in [-0.4, -0.2) is 37.0 Å². The highest BCUT2D eigenvalue weighted by atomic mass is 79.9. The van der Waals surface area contributed by atoms with E-state index in [1.165, 1.54) is 12.7 Å². The fraction of sp³-hybridized carbons (Fsp3) is 0.529. The molecule has 2 fully saturated rings. The number of piperidine rings is 1. The maximum atomic E-state index is 12.6. The summed E-state index contributed by atoms with van der Waals surface area (Å²) < 4.78 is 5.84. The highest BCUT2D eigenvalue weighted by molar-refractivity contribution is 9.10. The lowest BCUT2D eigenvalue weighted by Gasteiger charge is -2.31. The Kier molecular flexibility index (Phi) is 4.52. The van der Waals surface area contributed by atoms with Gasteiger partial charge >= 0.3 is 5.97 Å². The number of carbonyl (C=O) groups excluding carboxylic acids is 2. The standard InChI is InChI=1S/C17H20BrNO3/c1-22-17(21)11-5-7-19(8-6-11)16(20)15-10-14(15)12-3-2-4-13(18)9-12/h2-4,9,11,14-15H,5-8,10H2,1H3/t14-,15-/m0/s1. The van der Waals surface area contributed by atoms with Gasteiger partial charge in [0.15, 0.2) is 0 Å². The number of hydrogen-bond donors (Lipinski definition) is 0. The number of nitrogens with zero attached hydrogens (tertiary/aromatic N) is 1. The molecule has 1 amide bonds. The van der Waals surface area contributed by atoms with Gasteiger partial charge in [0.05, 0.1) is 13.0 Å². The molecule has 1 saturated heterocycles. The number of amides is 1. The van der Waals surface area contributed by atoms with E-state index < -0.39 is 0 Å². The summed E-state index contributed by atoms with van der Waals surface area (Å²) in [6, 6.07) is 8.20. The third-order valence-corrected chi connectivity index (χ3v) is 5.22. The molecule has 1 aliphatic carbocycles. The van der Waals surface area contributed by atoms with E-state index in [2.05, 4.69) is 28.1 Å². The number of benzene rings is 1. The van der Waals surface area contributed by atoms with Crippen LogP contribution in [0.4, 0.5) is 0 Å². The average molecular weight is 366 g/mol. The summed E-state index contributed by atoms with van der Waals surface area (Å²) in [5, 5.41) is 0. The van der Waals surface area contributed by atoms with E-state index in [9.17, 15) is 9.59 Å². The first kappa shape index (κ1) is 15.5. The number of rotatable bonds is 3. The molecule has 0 aromatic heterocycles. The van der Waals surface area contributed by atoms with Crippen LogP contribution in [0.5, 0.6) is 0 Å². The van der Waals surface area contributed by atoms with Crippen LogP contribution in [0.1, 0.15) is 30.7 Å². The molecular weight excluding hydrogens is 346 g/mol. The largest absolute Gasteiger partial charge is 0.469 e. The summed E-state index contributed by atoms with van der Waals surface area (Å²) >= 11 is 3.48. The van der Waals surface area contributed by atoms with Crippen LogP contribution in [0.3, 0.4) is 0 Å². The molecule has 1 aromatic rings. The molecule has 118 valence electrons. The fourth-order valence-electron chi connectivity index (χ4n) is 3.31. The van der Waals surface area contributed by atoms with Crippen molar-refractivity contribution in [3.63, 3.8) is 0 Å². The first-order chi connectivity index (χ1) is 10.6. The Labute approximate surface area is 138 Å². The topological polar surface area (TPSA) is 46.6 Å². The molecule has 3 rings (SSSR count). The van der Waals surface area contributed by atoms with Gasteiger partial charge in [-0.3, -0.25) is 9.59 Å². The van der Waals surface area contributed by atoms with E-state index >= 15 is 0 Å². The van der Waals surface area contributed by atoms with E-state index in [0.717, 1.165) is 10.9 Å². The predicted octanol–water partition coefficient (Wildman–Crippen LogP) is 2.96. The van der Waals surface area contributed by atoms with Crippen LogP contribution in [0.25, 0.3) is 0 Å². The number of methoxy groups -OCH3 is 1. The second kappa shape index (κ2) is 6.41. The first-order valence-electron chi connectivity index (χ1n) is 7.72. The van der Waals surface area contributed by atoms with Crippen LogP contribution in [0.2, 0.25) is 0 Å². The minimum absolute atomic E-state index is 0.0471. The summed E-state index contributed by atoms with van der Waals surface area (Å²) in [5.41, 5.74) is 1.23. The van der Waals surface area contributed by atoms with Crippen LogP contribution in [0.15, 0.2) is 28.7 Å². The van der Waals surface area contributed by atoms with Crippen molar-refractivity contribution in [2.75, 3.05) is 20.2 Å². The number of hydrogen-bond acceptors (Lipinski definition) is 3. The van der Waals surface area contributed by atoms with Crippen molar-refractivity contribution in [1.29, 1.82) is 0 Å². The molecule has 4 nitrogen and oxygen atoms in total. The molecule has 0 spiro atoms. The molecule has 1 aromatic carbocycles. The van der Waals surface area contributed by atoms with Gasteiger partial charge < -0.3 is 9.64 Å². The van der Waals surface area contributed by atoms with E-state index in [1.54, 1.807) is 0 Å². The maximum absolute atomic E-state index is 12.6. The van der Waals surface area contributed by atoms with Gasteiger partial charge in [0.1, 0.15) is 0 Å². The van der Waals surface area contributed by atoms with Crippen LogP contribution in [0, 0.1) is 11.8 Å². The Balaban J connectivity index is 1.55. The quantitative estimate of drug-likeness (QED) is 0.773. The second-order valence-corrected chi connectivity index (χ2v) is 7.04. The van der Waals surface area contributed by atoms with E-state index in [4.69, 9.17) is 4.74 Å². The van der Waals surface area contributed by atoms with Gasteiger partial charge in [-0.05, 0) is 42.9 Å². The molecule has 5 heteroatoms.